The number of anilines is 1. The lowest BCUT2D eigenvalue weighted by Gasteiger charge is -2.27. The lowest BCUT2D eigenvalue weighted by Crippen LogP contribution is -2.54. The highest BCUT2D eigenvalue weighted by atomic mass is 127. The van der Waals surface area contributed by atoms with Gasteiger partial charge in [-0.2, -0.15) is 13.2 Å². The fourth-order valence-electron chi connectivity index (χ4n) is 3.71. The van der Waals surface area contributed by atoms with Crippen molar-refractivity contribution in [2.24, 2.45) is 0 Å². The van der Waals surface area contributed by atoms with Gasteiger partial charge < -0.3 is 9.47 Å². The van der Waals surface area contributed by atoms with Crippen LogP contribution in [0.25, 0.3) is 6.08 Å². The average molecular weight is 750 g/mol. The number of amides is 4. The van der Waals surface area contributed by atoms with Gasteiger partial charge in [0, 0.05) is 4.47 Å². The highest BCUT2D eigenvalue weighted by Crippen LogP contribution is 2.38. The van der Waals surface area contributed by atoms with Gasteiger partial charge in [-0.15, -0.1) is 0 Å². The summed E-state index contributed by atoms with van der Waals surface area (Å²) < 4.78 is 53.1. The molecule has 1 N–H and O–H groups in total. The van der Waals surface area contributed by atoms with Crippen molar-refractivity contribution in [3.05, 3.63) is 89.9 Å². The van der Waals surface area contributed by atoms with Gasteiger partial charge >= 0.3 is 12.2 Å². The van der Waals surface area contributed by atoms with Crippen molar-refractivity contribution in [2.75, 3.05) is 11.5 Å². The molecule has 0 aliphatic carbocycles. The highest BCUT2D eigenvalue weighted by molar-refractivity contribution is 14.1. The first-order chi connectivity index (χ1) is 18.9. The molecule has 0 atom stereocenters. The maximum atomic E-state index is 13.3. The summed E-state index contributed by atoms with van der Waals surface area (Å²) in [5.74, 6) is -1.37. The normalized spacial score (nSPS) is 14.9. The summed E-state index contributed by atoms with van der Waals surface area (Å²) in [6, 6.07) is 11.7. The van der Waals surface area contributed by atoms with E-state index in [4.69, 9.17) is 21.1 Å². The maximum absolute atomic E-state index is 13.3. The highest BCUT2D eigenvalue weighted by Gasteiger charge is 2.39. The van der Waals surface area contributed by atoms with E-state index in [0.29, 0.717) is 38.2 Å². The van der Waals surface area contributed by atoms with E-state index in [9.17, 15) is 27.6 Å². The number of alkyl halides is 3. The molecule has 1 saturated heterocycles. The van der Waals surface area contributed by atoms with Crippen LogP contribution in [0.15, 0.2) is 64.6 Å². The van der Waals surface area contributed by atoms with E-state index in [0.717, 1.165) is 22.2 Å². The number of ether oxygens (including phenoxy) is 2. The minimum atomic E-state index is -4.75. The van der Waals surface area contributed by atoms with Crippen LogP contribution >= 0.6 is 50.1 Å². The quantitative estimate of drug-likeness (QED) is 0.155. The number of carbonyl (C=O) groups is 3. The molecule has 3 aromatic rings. The number of rotatable bonds is 7. The van der Waals surface area contributed by atoms with E-state index in [2.05, 4.69) is 15.9 Å². The van der Waals surface area contributed by atoms with Crippen molar-refractivity contribution in [2.45, 2.75) is 19.7 Å². The van der Waals surface area contributed by atoms with Gasteiger partial charge in [-0.1, -0.05) is 39.7 Å². The molecule has 1 fully saturated rings. The minimum absolute atomic E-state index is 0.250. The summed E-state index contributed by atoms with van der Waals surface area (Å²) in [7, 11) is 0. The van der Waals surface area contributed by atoms with Crippen LogP contribution in [-0.2, 0) is 22.4 Å². The fourth-order valence-corrected chi connectivity index (χ4v) is 4.96. The van der Waals surface area contributed by atoms with E-state index in [1.165, 1.54) is 6.08 Å². The Morgan fingerprint density at radius 2 is 1.75 bits per heavy atom. The zero-order valence-corrected chi connectivity index (χ0v) is 24.9. The third kappa shape index (κ3) is 6.61. The SMILES string of the molecule is CCOc1cc(/C=C2\C(=O)NC(=O)N(c3cc(C(F)(F)F)ccc3Cl)C2=O)cc(I)c1OCc1ccc(Br)cc1. The summed E-state index contributed by atoms with van der Waals surface area (Å²) in [6.07, 6.45) is -3.54. The molecule has 40 heavy (non-hydrogen) atoms. The smallest absolute Gasteiger partial charge is 0.416 e. The van der Waals surface area contributed by atoms with Crippen molar-refractivity contribution in [3.63, 3.8) is 0 Å². The van der Waals surface area contributed by atoms with E-state index in [1.54, 1.807) is 19.1 Å². The van der Waals surface area contributed by atoms with Crippen LogP contribution in [0.2, 0.25) is 5.02 Å². The van der Waals surface area contributed by atoms with Gasteiger partial charge in [-0.05, 0) is 89.2 Å². The number of hydrogen-bond acceptors (Lipinski definition) is 5. The van der Waals surface area contributed by atoms with Gasteiger partial charge in [0.05, 0.1) is 26.5 Å². The van der Waals surface area contributed by atoms with Crippen molar-refractivity contribution in [1.82, 2.24) is 5.32 Å². The average Bonchev–Trinajstić information content (AvgIpc) is 2.87. The summed E-state index contributed by atoms with van der Waals surface area (Å²) in [5, 5.41) is 1.69. The molecular weight excluding hydrogens is 732 g/mol. The first kappa shape index (κ1) is 29.9. The molecule has 0 radical (unpaired) electrons. The van der Waals surface area contributed by atoms with Crippen LogP contribution in [0.1, 0.15) is 23.6 Å². The van der Waals surface area contributed by atoms with Crippen molar-refractivity contribution >= 4 is 79.7 Å². The molecule has 1 aliphatic heterocycles. The number of imide groups is 2. The Kier molecular flexibility index (Phi) is 9.10. The predicted molar refractivity (Wildman–Crippen MR) is 154 cm³/mol. The fraction of sp³-hybridized carbons (Fsp3) is 0.148. The lowest BCUT2D eigenvalue weighted by molar-refractivity contribution is -0.137. The summed E-state index contributed by atoms with van der Waals surface area (Å²) >= 11 is 11.5. The van der Waals surface area contributed by atoms with Crippen LogP contribution in [0, 0.1) is 3.57 Å². The molecule has 0 bridgehead atoms. The second kappa shape index (κ2) is 12.2. The zero-order valence-electron chi connectivity index (χ0n) is 20.4. The number of carbonyl (C=O) groups excluding carboxylic acids is 3. The molecule has 0 aromatic heterocycles. The molecule has 3 aromatic carbocycles. The van der Waals surface area contributed by atoms with Gasteiger partial charge in [-0.25, -0.2) is 9.69 Å². The van der Waals surface area contributed by atoms with Crippen LogP contribution in [0.4, 0.5) is 23.7 Å². The first-order valence-electron chi connectivity index (χ1n) is 11.5. The maximum Gasteiger partial charge on any atom is 0.416 e. The second-order valence-electron chi connectivity index (χ2n) is 8.30. The molecule has 4 rings (SSSR count). The molecule has 1 aliphatic rings. The molecular formula is C27H18BrClF3IN2O5. The molecule has 4 amide bonds. The number of hydrogen-bond donors (Lipinski definition) is 1. The molecule has 0 unspecified atom stereocenters. The van der Waals surface area contributed by atoms with Crippen LogP contribution in [-0.4, -0.2) is 24.5 Å². The number of halogens is 6. The van der Waals surface area contributed by atoms with Gasteiger partial charge in [0.25, 0.3) is 11.8 Å². The molecule has 0 saturated carbocycles. The number of nitrogens with one attached hydrogen (secondary N) is 1. The van der Waals surface area contributed by atoms with E-state index < -0.39 is 40.8 Å². The van der Waals surface area contributed by atoms with Crippen molar-refractivity contribution in [3.8, 4) is 11.5 Å². The Hall–Kier alpha value is -3.10. The molecule has 208 valence electrons. The van der Waals surface area contributed by atoms with Gasteiger partial charge in [0.2, 0.25) is 0 Å². The van der Waals surface area contributed by atoms with Gasteiger partial charge in [-0.3, -0.25) is 14.9 Å². The van der Waals surface area contributed by atoms with Crippen LogP contribution in [0.5, 0.6) is 11.5 Å². The topological polar surface area (TPSA) is 84.9 Å². The number of nitrogens with zero attached hydrogens (tertiary/aromatic N) is 1. The third-order valence-electron chi connectivity index (χ3n) is 5.56. The van der Waals surface area contributed by atoms with E-state index in [-0.39, 0.29) is 11.6 Å². The van der Waals surface area contributed by atoms with Crippen molar-refractivity contribution in [1.29, 1.82) is 0 Å². The molecule has 13 heteroatoms. The summed E-state index contributed by atoms with van der Waals surface area (Å²) in [4.78, 5) is 38.9. The Morgan fingerprint density at radius 1 is 1.05 bits per heavy atom. The zero-order chi connectivity index (χ0) is 29.2. The number of barbiturate groups is 1. The Bertz CT molecular complexity index is 1530. The molecule has 7 nitrogen and oxygen atoms in total. The monoisotopic (exact) mass is 748 g/mol. The lowest BCUT2D eigenvalue weighted by atomic mass is 10.1. The Morgan fingerprint density at radius 3 is 2.40 bits per heavy atom. The summed E-state index contributed by atoms with van der Waals surface area (Å²) in [6.45, 7) is 2.32. The number of benzene rings is 3. The largest absolute Gasteiger partial charge is 0.490 e. The Labute approximate surface area is 253 Å². The standard InChI is InChI=1S/C27H18BrClF3IN2O5/c1-2-39-22-11-15(10-20(33)23(22)40-13-14-3-6-17(28)7-4-14)9-18-24(36)34-26(38)35(25(18)37)21-12-16(27(30,31)32)5-8-19(21)29/h3-12H,2,13H2,1H3,(H,34,36,38)/b18-9+. The van der Waals surface area contributed by atoms with Gasteiger partial charge in [0.15, 0.2) is 11.5 Å². The van der Waals surface area contributed by atoms with Crippen molar-refractivity contribution < 1.29 is 37.0 Å². The first-order valence-corrected chi connectivity index (χ1v) is 13.8. The second-order valence-corrected chi connectivity index (χ2v) is 10.8. The van der Waals surface area contributed by atoms with Crippen LogP contribution < -0.4 is 19.7 Å². The van der Waals surface area contributed by atoms with E-state index in [1.807, 2.05) is 52.2 Å². The minimum Gasteiger partial charge on any atom is -0.490 e. The third-order valence-corrected chi connectivity index (χ3v) is 7.20. The van der Waals surface area contributed by atoms with Gasteiger partial charge in [0.1, 0.15) is 12.2 Å². The summed E-state index contributed by atoms with van der Waals surface area (Å²) in [5.41, 5.74) is -0.861. The number of urea groups is 1. The van der Waals surface area contributed by atoms with E-state index >= 15 is 0 Å². The molecule has 1 heterocycles. The predicted octanol–water partition coefficient (Wildman–Crippen LogP) is 7.37. The Balaban J connectivity index is 1.69. The van der Waals surface area contributed by atoms with Crippen LogP contribution in [0.3, 0.4) is 0 Å². The molecule has 0 spiro atoms.